The Morgan fingerprint density at radius 1 is 1.07 bits per heavy atom. The van der Waals surface area contributed by atoms with Gasteiger partial charge in [-0.05, 0) is 68.4 Å². The van der Waals surface area contributed by atoms with Crippen LogP contribution in [0, 0.1) is 19.7 Å². The van der Waals surface area contributed by atoms with Crippen LogP contribution in [0.25, 0.3) is 5.69 Å². The molecule has 0 spiro atoms. The summed E-state index contributed by atoms with van der Waals surface area (Å²) in [6.07, 6.45) is 0. The summed E-state index contributed by atoms with van der Waals surface area (Å²) < 4.78 is 21.0. The summed E-state index contributed by atoms with van der Waals surface area (Å²) in [5, 5.41) is 2.66. The number of rotatable bonds is 5. The third kappa shape index (κ3) is 4.48. The van der Waals surface area contributed by atoms with Crippen molar-refractivity contribution in [1.82, 2.24) is 4.57 Å². The zero-order chi connectivity index (χ0) is 20.3. The molecule has 0 fully saturated rings. The van der Waals surface area contributed by atoms with Crippen molar-refractivity contribution >= 4 is 33.5 Å². The Labute approximate surface area is 170 Å². The summed E-state index contributed by atoms with van der Waals surface area (Å²) in [5.41, 5.74) is 3.17. The van der Waals surface area contributed by atoms with Crippen LogP contribution in [-0.2, 0) is 9.53 Å². The minimum Gasteiger partial charge on any atom is -0.452 e. The van der Waals surface area contributed by atoms with Crippen molar-refractivity contribution in [3.05, 3.63) is 81.8 Å². The molecule has 0 saturated carbocycles. The molecule has 0 atom stereocenters. The second-order valence-corrected chi connectivity index (χ2v) is 7.14. The predicted octanol–water partition coefficient (Wildman–Crippen LogP) is 4.79. The van der Waals surface area contributed by atoms with Crippen molar-refractivity contribution in [2.24, 2.45) is 0 Å². The number of nitrogens with zero attached hydrogens (tertiary/aromatic N) is 1. The third-order valence-corrected chi connectivity index (χ3v) is 4.73. The Morgan fingerprint density at radius 2 is 1.71 bits per heavy atom. The monoisotopic (exact) mass is 444 g/mol. The van der Waals surface area contributed by atoms with Crippen LogP contribution < -0.4 is 5.32 Å². The molecule has 0 aliphatic heterocycles. The minimum absolute atomic E-state index is 0.331. The second kappa shape index (κ2) is 8.39. The van der Waals surface area contributed by atoms with E-state index >= 15 is 0 Å². The van der Waals surface area contributed by atoms with Crippen molar-refractivity contribution in [1.29, 1.82) is 0 Å². The molecule has 0 aliphatic rings. The normalized spacial score (nSPS) is 10.6. The number of anilines is 1. The zero-order valence-electron chi connectivity index (χ0n) is 15.3. The van der Waals surface area contributed by atoms with E-state index in [4.69, 9.17) is 4.74 Å². The molecule has 1 aromatic heterocycles. The van der Waals surface area contributed by atoms with Gasteiger partial charge in [0.2, 0.25) is 0 Å². The number of aromatic nitrogens is 1. The number of carbonyl (C=O) groups excluding carboxylic acids is 2. The number of benzene rings is 2. The van der Waals surface area contributed by atoms with E-state index in [1.54, 1.807) is 49.4 Å². The number of ether oxygens (including phenoxy) is 1. The quantitative estimate of drug-likeness (QED) is 0.575. The summed E-state index contributed by atoms with van der Waals surface area (Å²) in [6, 6.07) is 14.7. The van der Waals surface area contributed by atoms with Crippen LogP contribution in [0.5, 0.6) is 0 Å². The summed E-state index contributed by atoms with van der Waals surface area (Å²) in [7, 11) is 0. The molecular weight excluding hydrogens is 427 g/mol. The zero-order valence-corrected chi connectivity index (χ0v) is 16.9. The Kier molecular flexibility index (Phi) is 5.94. The van der Waals surface area contributed by atoms with Crippen molar-refractivity contribution < 1.29 is 18.7 Å². The van der Waals surface area contributed by atoms with Crippen LogP contribution in [0.15, 0.2) is 59.1 Å². The number of amides is 1. The third-order valence-electron chi connectivity index (χ3n) is 4.20. The van der Waals surface area contributed by atoms with E-state index < -0.39 is 18.5 Å². The molecule has 0 saturated heterocycles. The molecule has 1 heterocycles. The van der Waals surface area contributed by atoms with E-state index in [2.05, 4.69) is 21.2 Å². The fourth-order valence-corrected chi connectivity index (χ4v) is 3.16. The van der Waals surface area contributed by atoms with Gasteiger partial charge in [-0.25, -0.2) is 9.18 Å². The molecular formula is C21H18BrFN2O3. The molecule has 7 heteroatoms. The average Bonchev–Trinajstić information content (AvgIpc) is 2.97. The Hall–Kier alpha value is -2.93. The van der Waals surface area contributed by atoms with Crippen molar-refractivity contribution in [2.75, 3.05) is 11.9 Å². The number of nitrogens with one attached hydrogen (secondary N) is 1. The van der Waals surface area contributed by atoms with Gasteiger partial charge < -0.3 is 14.6 Å². The SMILES string of the molecule is Cc1cc(C(=O)OCC(=O)Nc2ccc(Br)cc2)c(C)n1-c1ccc(F)cc1. The molecule has 0 aliphatic carbocycles. The first-order valence-corrected chi connectivity index (χ1v) is 9.32. The maximum Gasteiger partial charge on any atom is 0.340 e. The van der Waals surface area contributed by atoms with Gasteiger partial charge in [-0.1, -0.05) is 15.9 Å². The molecule has 1 N–H and O–H groups in total. The van der Waals surface area contributed by atoms with Crippen LogP contribution in [0.3, 0.4) is 0 Å². The highest BCUT2D eigenvalue weighted by Gasteiger charge is 2.19. The molecule has 3 rings (SSSR count). The van der Waals surface area contributed by atoms with Gasteiger partial charge >= 0.3 is 5.97 Å². The average molecular weight is 445 g/mol. The predicted molar refractivity (Wildman–Crippen MR) is 108 cm³/mol. The molecule has 144 valence electrons. The van der Waals surface area contributed by atoms with Gasteiger partial charge in [0, 0.05) is 27.2 Å². The lowest BCUT2D eigenvalue weighted by atomic mass is 10.2. The topological polar surface area (TPSA) is 60.3 Å². The molecule has 28 heavy (non-hydrogen) atoms. The van der Waals surface area contributed by atoms with Gasteiger partial charge in [0.1, 0.15) is 5.82 Å². The van der Waals surface area contributed by atoms with E-state index in [-0.39, 0.29) is 5.82 Å². The Morgan fingerprint density at radius 3 is 2.36 bits per heavy atom. The van der Waals surface area contributed by atoms with Crippen LogP contribution in [-0.4, -0.2) is 23.1 Å². The van der Waals surface area contributed by atoms with Crippen LogP contribution >= 0.6 is 15.9 Å². The van der Waals surface area contributed by atoms with Gasteiger partial charge in [0.15, 0.2) is 6.61 Å². The lowest BCUT2D eigenvalue weighted by molar-refractivity contribution is -0.119. The number of hydrogen-bond acceptors (Lipinski definition) is 3. The van der Waals surface area contributed by atoms with Crippen LogP contribution in [0.4, 0.5) is 10.1 Å². The Balaban J connectivity index is 1.67. The van der Waals surface area contributed by atoms with Gasteiger partial charge in [-0.2, -0.15) is 0 Å². The molecule has 0 radical (unpaired) electrons. The van der Waals surface area contributed by atoms with Gasteiger partial charge in [-0.3, -0.25) is 4.79 Å². The fourth-order valence-electron chi connectivity index (χ4n) is 2.90. The number of esters is 1. The van der Waals surface area contributed by atoms with Gasteiger partial charge in [0.05, 0.1) is 5.56 Å². The summed E-state index contributed by atoms with van der Waals surface area (Å²) >= 11 is 3.32. The molecule has 2 aromatic carbocycles. The molecule has 0 unspecified atom stereocenters. The van der Waals surface area contributed by atoms with Crippen LogP contribution in [0.2, 0.25) is 0 Å². The van der Waals surface area contributed by atoms with E-state index in [1.807, 2.05) is 11.5 Å². The Bertz CT molecular complexity index is 1010. The lowest BCUT2D eigenvalue weighted by Gasteiger charge is -2.10. The van der Waals surface area contributed by atoms with Gasteiger partial charge in [0.25, 0.3) is 5.91 Å². The maximum absolute atomic E-state index is 13.2. The first-order valence-electron chi connectivity index (χ1n) is 8.52. The summed E-state index contributed by atoms with van der Waals surface area (Å²) in [5.74, 6) is -1.35. The second-order valence-electron chi connectivity index (χ2n) is 6.23. The van der Waals surface area contributed by atoms with E-state index in [0.29, 0.717) is 16.9 Å². The van der Waals surface area contributed by atoms with E-state index in [1.165, 1.54) is 12.1 Å². The molecule has 0 bridgehead atoms. The van der Waals surface area contributed by atoms with Crippen LogP contribution in [0.1, 0.15) is 21.7 Å². The minimum atomic E-state index is -0.590. The first kappa shape index (κ1) is 19.8. The van der Waals surface area contributed by atoms with Crippen molar-refractivity contribution in [3.63, 3.8) is 0 Å². The first-order chi connectivity index (χ1) is 13.3. The molecule has 3 aromatic rings. The smallest absolute Gasteiger partial charge is 0.340 e. The number of halogens is 2. The standard InChI is InChI=1S/C21H18BrFN2O3/c1-13-11-19(14(2)25(13)18-9-5-16(23)6-10-18)21(27)28-12-20(26)24-17-7-3-15(22)4-8-17/h3-11H,12H2,1-2H3,(H,24,26). The molecule has 5 nitrogen and oxygen atoms in total. The molecule has 1 amide bonds. The number of aryl methyl sites for hydroxylation is 1. The van der Waals surface area contributed by atoms with E-state index in [9.17, 15) is 14.0 Å². The highest BCUT2D eigenvalue weighted by Crippen LogP contribution is 2.22. The fraction of sp³-hybridized carbons (Fsp3) is 0.143. The number of carbonyl (C=O) groups is 2. The van der Waals surface area contributed by atoms with E-state index in [0.717, 1.165) is 15.9 Å². The van der Waals surface area contributed by atoms with Crippen molar-refractivity contribution in [2.45, 2.75) is 13.8 Å². The maximum atomic E-state index is 13.2. The largest absolute Gasteiger partial charge is 0.452 e. The lowest BCUT2D eigenvalue weighted by Crippen LogP contribution is -2.21. The van der Waals surface area contributed by atoms with Gasteiger partial charge in [-0.15, -0.1) is 0 Å². The van der Waals surface area contributed by atoms with Crippen molar-refractivity contribution in [3.8, 4) is 5.69 Å². The summed E-state index contributed by atoms with van der Waals surface area (Å²) in [6.45, 7) is 3.22. The number of hydrogen-bond donors (Lipinski definition) is 1. The highest BCUT2D eigenvalue weighted by molar-refractivity contribution is 9.10. The highest BCUT2D eigenvalue weighted by atomic mass is 79.9. The summed E-state index contributed by atoms with van der Waals surface area (Å²) in [4.78, 5) is 24.4.